The van der Waals surface area contributed by atoms with Gasteiger partial charge in [0, 0.05) is 6.42 Å². The maximum Gasteiger partial charge on any atom is 0.0979 e. The average molecular weight is 176 g/mol. The third-order valence-corrected chi connectivity index (χ3v) is 2.91. The Morgan fingerprint density at radius 2 is 1.92 bits per heavy atom. The van der Waals surface area contributed by atoms with Gasteiger partial charge in [-0.25, -0.2) is 0 Å². The SMILES string of the molecule is CC(C)C1(Cc2ccccc2)CO1. The van der Waals surface area contributed by atoms with Crippen LogP contribution >= 0.6 is 0 Å². The Balaban J connectivity index is 2.07. The fourth-order valence-electron chi connectivity index (χ4n) is 1.67. The lowest BCUT2D eigenvalue weighted by Crippen LogP contribution is -2.22. The van der Waals surface area contributed by atoms with Gasteiger partial charge in [-0.2, -0.15) is 0 Å². The van der Waals surface area contributed by atoms with Crippen molar-refractivity contribution in [2.75, 3.05) is 6.61 Å². The van der Waals surface area contributed by atoms with Crippen LogP contribution in [0.5, 0.6) is 0 Å². The molecule has 13 heavy (non-hydrogen) atoms. The number of hydrogen-bond acceptors (Lipinski definition) is 1. The number of rotatable bonds is 3. The molecule has 0 bridgehead atoms. The Bertz CT molecular complexity index is 272. The Hall–Kier alpha value is -0.820. The first kappa shape index (κ1) is 8.76. The second kappa shape index (κ2) is 3.15. The monoisotopic (exact) mass is 176 g/mol. The van der Waals surface area contributed by atoms with Crippen LogP contribution in [0.4, 0.5) is 0 Å². The van der Waals surface area contributed by atoms with Crippen molar-refractivity contribution in [1.29, 1.82) is 0 Å². The summed E-state index contributed by atoms with van der Waals surface area (Å²) in [5.74, 6) is 0.618. The topological polar surface area (TPSA) is 12.5 Å². The van der Waals surface area contributed by atoms with Gasteiger partial charge in [0.05, 0.1) is 12.2 Å². The minimum Gasteiger partial charge on any atom is -0.369 e. The molecular weight excluding hydrogens is 160 g/mol. The minimum absolute atomic E-state index is 0.154. The van der Waals surface area contributed by atoms with Crippen molar-refractivity contribution in [2.45, 2.75) is 25.9 Å². The van der Waals surface area contributed by atoms with Crippen LogP contribution in [0.15, 0.2) is 30.3 Å². The molecule has 1 heterocycles. The quantitative estimate of drug-likeness (QED) is 0.645. The van der Waals surface area contributed by atoms with Gasteiger partial charge in [-0.3, -0.25) is 0 Å². The standard InChI is InChI=1S/C12H16O/c1-10(2)12(9-13-12)8-11-6-4-3-5-7-11/h3-7,10H,8-9H2,1-2H3. The van der Waals surface area contributed by atoms with Crippen molar-refractivity contribution < 1.29 is 4.74 Å². The number of hydrogen-bond donors (Lipinski definition) is 0. The van der Waals surface area contributed by atoms with E-state index in [0.717, 1.165) is 13.0 Å². The summed E-state index contributed by atoms with van der Waals surface area (Å²) in [5.41, 5.74) is 1.54. The summed E-state index contributed by atoms with van der Waals surface area (Å²) >= 11 is 0. The second-order valence-corrected chi connectivity index (χ2v) is 4.17. The third kappa shape index (κ3) is 1.75. The maximum absolute atomic E-state index is 5.56. The van der Waals surface area contributed by atoms with Gasteiger partial charge < -0.3 is 4.74 Å². The van der Waals surface area contributed by atoms with Gasteiger partial charge in [-0.05, 0) is 11.5 Å². The van der Waals surface area contributed by atoms with Crippen LogP contribution in [0.25, 0.3) is 0 Å². The summed E-state index contributed by atoms with van der Waals surface area (Å²) in [6.45, 7) is 5.39. The van der Waals surface area contributed by atoms with Crippen LogP contribution in [0.1, 0.15) is 19.4 Å². The summed E-state index contributed by atoms with van der Waals surface area (Å²) in [6.07, 6.45) is 1.06. The molecule has 1 aromatic rings. The molecule has 1 aliphatic rings. The average Bonchev–Trinajstić information content (AvgIpc) is 2.87. The Labute approximate surface area is 79.7 Å². The van der Waals surface area contributed by atoms with Gasteiger partial charge in [-0.1, -0.05) is 44.2 Å². The lowest BCUT2D eigenvalue weighted by Gasteiger charge is -2.15. The molecule has 2 rings (SSSR count). The lowest BCUT2D eigenvalue weighted by atomic mass is 9.90. The van der Waals surface area contributed by atoms with E-state index in [4.69, 9.17) is 4.74 Å². The first-order valence-electron chi connectivity index (χ1n) is 4.91. The zero-order valence-electron chi connectivity index (χ0n) is 8.29. The van der Waals surface area contributed by atoms with E-state index in [-0.39, 0.29) is 5.60 Å². The summed E-state index contributed by atoms with van der Waals surface area (Å²) < 4.78 is 5.56. The molecule has 1 heteroatoms. The zero-order chi connectivity index (χ0) is 9.31. The van der Waals surface area contributed by atoms with E-state index >= 15 is 0 Å². The number of epoxide rings is 1. The van der Waals surface area contributed by atoms with Crippen LogP contribution in [-0.2, 0) is 11.2 Å². The zero-order valence-corrected chi connectivity index (χ0v) is 8.29. The molecule has 1 aliphatic heterocycles. The van der Waals surface area contributed by atoms with Crippen molar-refractivity contribution in [1.82, 2.24) is 0 Å². The molecule has 0 aromatic heterocycles. The van der Waals surface area contributed by atoms with Gasteiger partial charge in [0.1, 0.15) is 0 Å². The molecule has 0 saturated carbocycles. The first-order valence-corrected chi connectivity index (χ1v) is 4.91. The first-order chi connectivity index (χ1) is 6.23. The van der Waals surface area contributed by atoms with Gasteiger partial charge >= 0.3 is 0 Å². The van der Waals surface area contributed by atoms with Crippen molar-refractivity contribution in [3.8, 4) is 0 Å². The van der Waals surface area contributed by atoms with Crippen LogP contribution in [0.2, 0.25) is 0 Å². The van der Waals surface area contributed by atoms with Gasteiger partial charge in [0.2, 0.25) is 0 Å². The molecular formula is C12H16O. The molecule has 0 aliphatic carbocycles. The highest BCUT2D eigenvalue weighted by atomic mass is 16.6. The van der Waals surface area contributed by atoms with Crippen LogP contribution < -0.4 is 0 Å². The van der Waals surface area contributed by atoms with Gasteiger partial charge in [0.15, 0.2) is 0 Å². The highest BCUT2D eigenvalue weighted by molar-refractivity contribution is 5.19. The molecule has 1 nitrogen and oxygen atoms in total. The van der Waals surface area contributed by atoms with E-state index in [0.29, 0.717) is 5.92 Å². The summed E-state index contributed by atoms with van der Waals surface area (Å²) in [5, 5.41) is 0. The van der Waals surface area contributed by atoms with E-state index in [9.17, 15) is 0 Å². The van der Waals surface area contributed by atoms with Crippen molar-refractivity contribution >= 4 is 0 Å². The maximum atomic E-state index is 5.56. The van der Waals surface area contributed by atoms with E-state index < -0.39 is 0 Å². The molecule has 1 unspecified atom stereocenters. The van der Waals surface area contributed by atoms with Crippen molar-refractivity contribution in [3.63, 3.8) is 0 Å². The molecule has 0 radical (unpaired) electrons. The molecule has 70 valence electrons. The van der Waals surface area contributed by atoms with Crippen molar-refractivity contribution in [3.05, 3.63) is 35.9 Å². The Morgan fingerprint density at radius 1 is 1.31 bits per heavy atom. The molecule has 1 saturated heterocycles. The minimum atomic E-state index is 0.154. The Kier molecular flexibility index (Phi) is 2.12. The number of benzene rings is 1. The van der Waals surface area contributed by atoms with Crippen molar-refractivity contribution in [2.24, 2.45) is 5.92 Å². The smallest absolute Gasteiger partial charge is 0.0979 e. The normalized spacial score (nSPS) is 26.4. The van der Waals surface area contributed by atoms with Gasteiger partial charge in [-0.15, -0.1) is 0 Å². The number of ether oxygens (including phenoxy) is 1. The molecule has 0 spiro atoms. The molecule has 1 fully saturated rings. The van der Waals surface area contributed by atoms with Crippen LogP contribution in [-0.4, -0.2) is 12.2 Å². The molecule has 0 amide bonds. The lowest BCUT2D eigenvalue weighted by molar-refractivity contribution is 0.238. The van der Waals surface area contributed by atoms with E-state index in [1.807, 2.05) is 0 Å². The predicted molar refractivity (Wildman–Crippen MR) is 53.7 cm³/mol. The molecule has 1 aromatic carbocycles. The van der Waals surface area contributed by atoms with E-state index in [2.05, 4.69) is 44.2 Å². The fourth-order valence-corrected chi connectivity index (χ4v) is 1.67. The van der Waals surface area contributed by atoms with Crippen LogP contribution in [0, 0.1) is 5.92 Å². The van der Waals surface area contributed by atoms with Crippen LogP contribution in [0.3, 0.4) is 0 Å². The van der Waals surface area contributed by atoms with Gasteiger partial charge in [0.25, 0.3) is 0 Å². The predicted octanol–water partition coefficient (Wildman–Crippen LogP) is 2.65. The fraction of sp³-hybridized carbons (Fsp3) is 0.500. The highest BCUT2D eigenvalue weighted by Gasteiger charge is 2.47. The summed E-state index contributed by atoms with van der Waals surface area (Å²) in [4.78, 5) is 0. The highest BCUT2D eigenvalue weighted by Crippen LogP contribution is 2.38. The summed E-state index contributed by atoms with van der Waals surface area (Å²) in [6, 6.07) is 10.6. The molecule has 1 atom stereocenters. The third-order valence-electron chi connectivity index (χ3n) is 2.91. The Morgan fingerprint density at radius 3 is 2.38 bits per heavy atom. The summed E-state index contributed by atoms with van der Waals surface area (Å²) in [7, 11) is 0. The van der Waals surface area contributed by atoms with E-state index in [1.165, 1.54) is 5.56 Å². The largest absolute Gasteiger partial charge is 0.369 e. The van der Waals surface area contributed by atoms with E-state index in [1.54, 1.807) is 0 Å². The molecule has 0 N–H and O–H groups in total. The second-order valence-electron chi connectivity index (χ2n) is 4.17.